The van der Waals surface area contributed by atoms with Crippen molar-refractivity contribution in [3.63, 3.8) is 0 Å². The number of amides is 1. The van der Waals surface area contributed by atoms with Gasteiger partial charge in [-0.1, -0.05) is 23.5 Å². The van der Waals surface area contributed by atoms with E-state index in [4.69, 9.17) is 0 Å². The number of hydrogen-bond donors (Lipinski definition) is 1. The Bertz CT molecular complexity index is 1390. The van der Waals surface area contributed by atoms with Crippen LogP contribution >= 0.6 is 22.7 Å². The third kappa shape index (κ3) is 4.50. The summed E-state index contributed by atoms with van der Waals surface area (Å²) in [6.07, 6.45) is 4.00. The van der Waals surface area contributed by atoms with Crippen LogP contribution in [-0.4, -0.2) is 29.2 Å². The zero-order valence-corrected chi connectivity index (χ0v) is 17.9. The maximum absolute atomic E-state index is 12.7. The Balaban J connectivity index is 1.46. The van der Waals surface area contributed by atoms with Crippen molar-refractivity contribution in [2.75, 3.05) is 5.32 Å². The summed E-state index contributed by atoms with van der Waals surface area (Å²) in [5, 5.41) is 14.0. The Morgan fingerprint density at radius 2 is 1.84 bits per heavy atom. The fraction of sp³-hybridized carbons (Fsp3) is 0. The number of sulfone groups is 1. The van der Waals surface area contributed by atoms with Gasteiger partial charge < -0.3 is 0 Å². The molecule has 12 heteroatoms. The number of hydrogen-bond acceptors (Lipinski definition) is 9. The van der Waals surface area contributed by atoms with E-state index in [0.29, 0.717) is 5.01 Å². The average Bonchev–Trinajstić information content (AvgIpc) is 3.39. The van der Waals surface area contributed by atoms with Gasteiger partial charge in [-0.25, -0.2) is 18.4 Å². The number of nitro benzene ring substituents is 1. The molecule has 0 aliphatic heterocycles. The van der Waals surface area contributed by atoms with Crippen LogP contribution in [0.2, 0.25) is 0 Å². The smallest absolute Gasteiger partial charge is 0.269 e. The van der Waals surface area contributed by atoms with Crippen LogP contribution in [0.3, 0.4) is 0 Å². The third-order valence-corrected chi connectivity index (χ3v) is 8.17. The molecule has 1 amide bonds. The van der Waals surface area contributed by atoms with Crippen LogP contribution < -0.4 is 5.32 Å². The lowest BCUT2D eigenvalue weighted by atomic mass is 10.3. The van der Waals surface area contributed by atoms with Crippen LogP contribution in [0.15, 0.2) is 69.9 Å². The fourth-order valence-corrected chi connectivity index (χ4v) is 5.87. The number of carbonyl (C=O) groups excluding carboxylic acids is 1. The highest BCUT2D eigenvalue weighted by atomic mass is 32.2. The number of nitro groups is 1. The molecule has 0 aliphatic rings. The molecule has 0 spiro atoms. The molecule has 2 aromatic heterocycles. The molecule has 1 N–H and O–H groups in total. The van der Waals surface area contributed by atoms with Crippen molar-refractivity contribution in [2.45, 2.75) is 9.10 Å². The maximum atomic E-state index is 12.7. The highest BCUT2D eigenvalue weighted by molar-refractivity contribution is 7.93. The van der Waals surface area contributed by atoms with E-state index < -0.39 is 20.7 Å². The molecular weight excluding hydrogens is 460 g/mol. The highest BCUT2D eigenvalue weighted by Crippen LogP contribution is 2.29. The molecule has 0 fully saturated rings. The maximum Gasteiger partial charge on any atom is 0.269 e. The van der Waals surface area contributed by atoms with E-state index in [9.17, 15) is 23.3 Å². The summed E-state index contributed by atoms with van der Waals surface area (Å²) in [4.78, 5) is 30.5. The molecule has 156 valence electrons. The summed E-state index contributed by atoms with van der Waals surface area (Å²) in [7, 11) is -3.91. The number of nitrogens with zero attached hydrogens (tertiary/aromatic N) is 3. The average molecular weight is 473 g/mol. The van der Waals surface area contributed by atoms with Crippen LogP contribution in [0.4, 0.5) is 10.8 Å². The minimum Gasteiger partial charge on any atom is -0.298 e. The number of fused-ring (bicyclic) bond motifs is 1. The zero-order valence-electron chi connectivity index (χ0n) is 15.5. The van der Waals surface area contributed by atoms with E-state index >= 15 is 0 Å². The van der Waals surface area contributed by atoms with Crippen molar-refractivity contribution in [1.82, 2.24) is 9.97 Å². The number of non-ortho nitro benzene ring substituents is 1. The molecule has 0 saturated carbocycles. The molecule has 4 aromatic rings. The minimum atomic E-state index is -3.91. The van der Waals surface area contributed by atoms with Gasteiger partial charge in [0.25, 0.3) is 5.69 Å². The number of carbonyl (C=O) groups is 1. The van der Waals surface area contributed by atoms with Gasteiger partial charge >= 0.3 is 0 Å². The van der Waals surface area contributed by atoms with Crippen molar-refractivity contribution in [1.29, 1.82) is 0 Å². The summed E-state index contributed by atoms with van der Waals surface area (Å²) in [5.74, 6) is -0.479. The number of aromatic nitrogens is 2. The Hall–Kier alpha value is -3.48. The SMILES string of the molecule is O=C(C=Cc1nc2ccccc2s1)Nc1ncc(S(=O)(=O)c2ccc([N+](=O)[O-])cc2)s1. The number of anilines is 1. The van der Waals surface area contributed by atoms with Gasteiger partial charge in [-0.05, 0) is 30.3 Å². The molecule has 9 nitrogen and oxygen atoms in total. The Kier molecular flexibility index (Phi) is 5.59. The molecule has 0 radical (unpaired) electrons. The second-order valence-corrected chi connectivity index (χ2v) is 10.4. The van der Waals surface area contributed by atoms with Gasteiger partial charge in [-0.15, -0.1) is 11.3 Å². The first-order chi connectivity index (χ1) is 14.8. The monoisotopic (exact) mass is 472 g/mol. The third-order valence-electron chi connectivity index (χ3n) is 4.03. The summed E-state index contributed by atoms with van der Waals surface area (Å²) >= 11 is 2.23. The highest BCUT2D eigenvalue weighted by Gasteiger charge is 2.22. The van der Waals surface area contributed by atoms with Gasteiger partial charge in [-0.2, -0.15) is 0 Å². The summed E-state index contributed by atoms with van der Waals surface area (Å²) in [6.45, 7) is 0. The first-order valence-corrected chi connectivity index (χ1v) is 11.7. The fourth-order valence-electron chi connectivity index (χ4n) is 2.56. The first-order valence-electron chi connectivity index (χ1n) is 8.63. The molecule has 0 unspecified atom stereocenters. The largest absolute Gasteiger partial charge is 0.298 e. The lowest BCUT2D eigenvalue weighted by molar-refractivity contribution is -0.384. The molecule has 0 bridgehead atoms. The molecule has 31 heavy (non-hydrogen) atoms. The quantitative estimate of drug-likeness (QED) is 0.253. The molecule has 0 atom stereocenters. The second-order valence-electron chi connectivity index (χ2n) is 6.08. The summed E-state index contributed by atoms with van der Waals surface area (Å²) < 4.78 is 26.3. The van der Waals surface area contributed by atoms with Crippen molar-refractivity contribution >= 4 is 65.5 Å². The van der Waals surface area contributed by atoms with Gasteiger partial charge in [0.15, 0.2) is 5.13 Å². The van der Waals surface area contributed by atoms with Crippen LogP contribution in [0, 0.1) is 10.1 Å². The van der Waals surface area contributed by atoms with E-state index in [1.54, 1.807) is 6.08 Å². The number of nitrogens with one attached hydrogen (secondary N) is 1. The zero-order chi connectivity index (χ0) is 22.0. The predicted molar refractivity (Wildman–Crippen MR) is 118 cm³/mol. The Labute approximate surface area is 183 Å². The normalized spacial score (nSPS) is 11.7. The number of thiazole rings is 2. The van der Waals surface area contributed by atoms with E-state index in [2.05, 4.69) is 15.3 Å². The molecular formula is C19H12N4O5S3. The Morgan fingerprint density at radius 1 is 1.10 bits per heavy atom. The predicted octanol–water partition coefficient (Wildman–Crippen LogP) is 4.15. The lowest BCUT2D eigenvalue weighted by Crippen LogP contribution is -2.07. The lowest BCUT2D eigenvalue weighted by Gasteiger charge is -2.00. The van der Waals surface area contributed by atoms with Gasteiger partial charge in [0, 0.05) is 18.2 Å². The van der Waals surface area contributed by atoms with Crippen molar-refractivity contribution in [3.8, 4) is 0 Å². The van der Waals surface area contributed by atoms with Crippen molar-refractivity contribution in [3.05, 3.63) is 75.9 Å². The first kappa shape index (κ1) is 20.8. The van der Waals surface area contributed by atoms with Crippen LogP contribution in [0.1, 0.15) is 5.01 Å². The summed E-state index contributed by atoms with van der Waals surface area (Å²) in [5.41, 5.74) is 0.629. The number of rotatable bonds is 6. The summed E-state index contributed by atoms with van der Waals surface area (Å²) in [6, 6.07) is 12.2. The van der Waals surface area contributed by atoms with E-state index in [0.717, 1.165) is 52.0 Å². The van der Waals surface area contributed by atoms with Gasteiger partial charge in [-0.3, -0.25) is 20.2 Å². The van der Waals surface area contributed by atoms with Crippen molar-refractivity contribution in [2.24, 2.45) is 0 Å². The Morgan fingerprint density at radius 3 is 2.55 bits per heavy atom. The molecule has 0 aliphatic carbocycles. The minimum absolute atomic E-state index is 0.0909. The second kappa shape index (κ2) is 8.34. The molecule has 0 saturated heterocycles. The van der Waals surface area contributed by atoms with Gasteiger partial charge in [0.2, 0.25) is 15.7 Å². The van der Waals surface area contributed by atoms with E-state index in [1.807, 2.05) is 24.3 Å². The van der Waals surface area contributed by atoms with E-state index in [1.165, 1.54) is 17.4 Å². The van der Waals surface area contributed by atoms with E-state index in [-0.39, 0.29) is 19.9 Å². The van der Waals surface area contributed by atoms with Crippen LogP contribution in [0.25, 0.3) is 16.3 Å². The van der Waals surface area contributed by atoms with Gasteiger partial charge in [0.1, 0.15) is 9.22 Å². The number of benzene rings is 2. The number of para-hydroxylation sites is 1. The topological polar surface area (TPSA) is 132 Å². The molecule has 2 aromatic carbocycles. The van der Waals surface area contributed by atoms with Gasteiger partial charge in [0.05, 0.1) is 26.2 Å². The standard InChI is InChI=1S/C19H12N4O5S3/c24-16(9-10-17-21-14-3-1-2-4-15(14)29-17)22-19-20-11-18(30-19)31(27,28)13-7-5-12(6-8-13)23(25)26/h1-11H,(H,20,22,24). The van der Waals surface area contributed by atoms with Crippen molar-refractivity contribution < 1.29 is 18.1 Å². The van der Waals surface area contributed by atoms with Crippen LogP contribution in [0.5, 0.6) is 0 Å². The molecule has 4 rings (SSSR count). The molecule has 2 heterocycles. The van der Waals surface area contributed by atoms with Crippen LogP contribution in [-0.2, 0) is 14.6 Å².